The molecule has 8 heteroatoms. The van der Waals surface area contributed by atoms with Crippen LogP contribution in [0.4, 0.5) is 0 Å². The molecule has 0 radical (unpaired) electrons. The minimum Gasteiger partial charge on any atom is -0.354 e. The second-order valence-electron chi connectivity index (χ2n) is 7.12. The van der Waals surface area contributed by atoms with Crippen LogP contribution in [-0.4, -0.2) is 40.1 Å². The van der Waals surface area contributed by atoms with E-state index in [-0.39, 0.29) is 18.0 Å². The summed E-state index contributed by atoms with van der Waals surface area (Å²) in [5.74, 6) is 0.641. The van der Waals surface area contributed by atoms with Crippen LogP contribution in [0.5, 0.6) is 0 Å². The molecule has 2 bridgehead atoms. The predicted octanol–water partition coefficient (Wildman–Crippen LogP) is 1.52. The van der Waals surface area contributed by atoms with Crippen molar-refractivity contribution >= 4 is 34.6 Å². The van der Waals surface area contributed by atoms with Crippen molar-refractivity contribution in [2.45, 2.75) is 25.4 Å². The van der Waals surface area contributed by atoms with Crippen LogP contribution in [0.15, 0.2) is 40.5 Å². The number of pyridine rings is 1. The molecule has 0 spiro atoms. The summed E-state index contributed by atoms with van der Waals surface area (Å²) in [7, 11) is 0. The van der Waals surface area contributed by atoms with Gasteiger partial charge in [-0.3, -0.25) is 9.59 Å². The number of thiophene rings is 1. The lowest BCUT2D eigenvalue weighted by Crippen LogP contribution is -2.52. The van der Waals surface area contributed by atoms with Crippen molar-refractivity contribution in [3.63, 3.8) is 0 Å². The fourth-order valence-corrected chi connectivity index (χ4v) is 4.86. The van der Waals surface area contributed by atoms with E-state index in [4.69, 9.17) is 12.2 Å². The Morgan fingerprint density at radius 3 is 2.89 bits per heavy atom. The third-order valence-corrected chi connectivity index (χ3v) is 6.49. The molecule has 6 nitrogen and oxygen atoms in total. The first-order chi connectivity index (χ1) is 13.1. The van der Waals surface area contributed by atoms with Gasteiger partial charge >= 0.3 is 0 Å². The maximum atomic E-state index is 12.1. The van der Waals surface area contributed by atoms with E-state index in [1.54, 1.807) is 17.4 Å². The standard InChI is InChI=1S/C19H22N4O2S2/c24-17(20-8-15-3-2-6-27-15)9-21-19(26)22-10-13-7-14(12-22)16-4-1-5-18(25)23(16)11-13/h1-6,13-14H,7-12H2,(H,20,24)(H,21,26). The highest BCUT2D eigenvalue weighted by Gasteiger charge is 2.35. The number of hydrogen-bond acceptors (Lipinski definition) is 4. The number of amides is 1. The fraction of sp³-hybridized carbons (Fsp3) is 0.421. The van der Waals surface area contributed by atoms with Crippen molar-refractivity contribution in [3.8, 4) is 0 Å². The molecule has 4 heterocycles. The van der Waals surface area contributed by atoms with Gasteiger partial charge in [-0.15, -0.1) is 11.3 Å². The first kappa shape index (κ1) is 18.2. The number of piperidine rings is 1. The molecule has 1 saturated heterocycles. The van der Waals surface area contributed by atoms with Crippen molar-refractivity contribution in [1.82, 2.24) is 20.1 Å². The lowest BCUT2D eigenvalue weighted by Gasteiger charge is -2.43. The monoisotopic (exact) mass is 402 g/mol. The van der Waals surface area contributed by atoms with Crippen LogP contribution in [0.2, 0.25) is 0 Å². The van der Waals surface area contributed by atoms with Crippen molar-refractivity contribution in [2.24, 2.45) is 5.92 Å². The lowest BCUT2D eigenvalue weighted by molar-refractivity contribution is -0.120. The van der Waals surface area contributed by atoms with Crippen molar-refractivity contribution in [1.29, 1.82) is 0 Å². The second kappa shape index (κ2) is 7.82. The molecule has 2 aromatic heterocycles. The Labute approximate surface area is 167 Å². The van der Waals surface area contributed by atoms with Crippen LogP contribution >= 0.6 is 23.6 Å². The number of hydrogen-bond donors (Lipinski definition) is 2. The molecule has 2 atom stereocenters. The van der Waals surface area contributed by atoms with Crippen molar-refractivity contribution in [3.05, 3.63) is 56.6 Å². The number of thiocarbonyl (C=S) groups is 1. The maximum Gasteiger partial charge on any atom is 0.250 e. The topological polar surface area (TPSA) is 66.4 Å². The van der Waals surface area contributed by atoms with Gasteiger partial charge in [-0.05, 0) is 42.1 Å². The van der Waals surface area contributed by atoms with Gasteiger partial charge in [0, 0.05) is 42.2 Å². The number of rotatable bonds is 4. The molecule has 2 aliphatic heterocycles. The summed E-state index contributed by atoms with van der Waals surface area (Å²) in [5.41, 5.74) is 1.18. The summed E-state index contributed by atoms with van der Waals surface area (Å²) in [6, 6.07) is 9.48. The molecule has 142 valence electrons. The molecule has 0 aromatic carbocycles. The largest absolute Gasteiger partial charge is 0.354 e. The smallest absolute Gasteiger partial charge is 0.250 e. The minimum atomic E-state index is -0.0696. The molecule has 2 aliphatic rings. The number of nitrogens with one attached hydrogen (secondary N) is 2. The summed E-state index contributed by atoms with van der Waals surface area (Å²) in [4.78, 5) is 27.4. The van der Waals surface area contributed by atoms with Crippen LogP contribution in [-0.2, 0) is 17.9 Å². The Bertz CT molecular complexity index is 893. The van der Waals surface area contributed by atoms with E-state index in [9.17, 15) is 9.59 Å². The minimum absolute atomic E-state index is 0.0696. The third-order valence-electron chi connectivity index (χ3n) is 5.21. The van der Waals surface area contributed by atoms with Gasteiger partial charge in [-0.25, -0.2) is 0 Å². The Morgan fingerprint density at radius 1 is 1.19 bits per heavy atom. The molecular weight excluding hydrogens is 380 g/mol. The summed E-state index contributed by atoms with van der Waals surface area (Å²) >= 11 is 7.15. The molecule has 4 rings (SSSR count). The van der Waals surface area contributed by atoms with E-state index in [1.807, 2.05) is 34.2 Å². The summed E-state index contributed by atoms with van der Waals surface area (Å²) in [5, 5.41) is 8.59. The van der Waals surface area contributed by atoms with Crippen LogP contribution in [0.25, 0.3) is 0 Å². The van der Waals surface area contributed by atoms with Gasteiger partial charge in [0.1, 0.15) is 0 Å². The number of aromatic nitrogens is 1. The highest BCUT2D eigenvalue weighted by atomic mass is 32.1. The van der Waals surface area contributed by atoms with Gasteiger partial charge in [-0.2, -0.15) is 0 Å². The first-order valence-electron chi connectivity index (χ1n) is 9.12. The predicted molar refractivity (Wildman–Crippen MR) is 110 cm³/mol. The SMILES string of the molecule is O=C(CNC(=S)N1CC2CC(C1)c1cccc(=O)n1C2)NCc1cccs1. The zero-order chi connectivity index (χ0) is 18.8. The highest BCUT2D eigenvalue weighted by molar-refractivity contribution is 7.80. The Morgan fingerprint density at radius 2 is 2.07 bits per heavy atom. The zero-order valence-electron chi connectivity index (χ0n) is 14.9. The van der Waals surface area contributed by atoms with Crippen molar-refractivity contribution < 1.29 is 4.79 Å². The zero-order valence-corrected chi connectivity index (χ0v) is 16.5. The number of carbonyl (C=O) groups is 1. The average molecular weight is 403 g/mol. The van der Waals surface area contributed by atoms with E-state index in [1.165, 1.54) is 0 Å². The maximum absolute atomic E-state index is 12.1. The number of likely N-dealkylation sites (tertiary alicyclic amines) is 1. The van der Waals surface area contributed by atoms with E-state index in [2.05, 4.69) is 15.5 Å². The molecule has 2 unspecified atom stereocenters. The Hall–Kier alpha value is -2.19. The summed E-state index contributed by atoms with van der Waals surface area (Å²) < 4.78 is 1.91. The molecule has 0 aliphatic carbocycles. The molecule has 2 N–H and O–H groups in total. The van der Waals surface area contributed by atoms with Gasteiger partial charge < -0.3 is 20.1 Å². The molecule has 27 heavy (non-hydrogen) atoms. The quantitative estimate of drug-likeness (QED) is 0.759. The van der Waals surface area contributed by atoms with Crippen molar-refractivity contribution in [2.75, 3.05) is 19.6 Å². The number of nitrogens with zero attached hydrogens (tertiary/aromatic N) is 2. The Kier molecular flexibility index (Phi) is 5.27. The molecule has 1 amide bonds. The average Bonchev–Trinajstić information content (AvgIpc) is 3.19. The van der Waals surface area contributed by atoms with E-state index < -0.39 is 0 Å². The van der Waals surface area contributed by atoms with E-state index in [0.717, 1.165) is 36.6 Å². The molecular formula is C19H22N4O2S2. The normalized spacial score (nSPS) is 20.7. The summed E-state index contributed by atoms with van der Waals surface area (Å²) in [6.45, 7) is 3.06. The molecule has 2 aromatic rings. The second-order valence-corrected chi connectivity index (χ2v) is 8.54. The summed E-state index contributed by atoms with van der Waals surface area (Å²) in [6.07, 6.45) is 1.09. The van der Waals surface area contributed by atoms with Gasteiger partial charge in [-0.1, -0.05) is 12.1 Å². The fourth-order valence-electron chi connectivity index (χ4n) is 3.99. The Balaban J connectivity index is 1.31. The van der Waals surface area contributed by atoms with Crippen LogP contribution < -0.4 is 16.2 Å². The highest BCUT2D eigenvalue weighted by Crippen LogP contribution is 2.34. The molecule has 0 saturated carbocycles. The number of fused-ring (bicyclic) bond motifs is 4. The third kappa shape index (κ3) is 4.06. The first-order valence-corrected chi connectivity index (χ1v) is 10.4. The van der Waals surface area contributed by atoms with Gasteiger partial charge in [0.2, 0.25) is 5.91 Å². The van der Waals surface area contributed by atoms with E-state index >= 15 is 0 Å². The van der Waals surface area contributed by atoms with Gasteiger partial charge in [0.25, 0.3) is 5.56 Å². The van der Waals surface area contributed by atoms with Gasteiger partial charge in [0.15, 0.2) is 5.11 Å². The van der Waals surface area contributed by atoms with E-state index in [0.29, 0.717) is 23.5 Å². The van der Waals surface area contributed by atoms with Crippen LogP contribution in [0.3, 0.4) is 0 Å². The van der Waals surface area contributed by atoms with Crippen LogP contribution in [0.1, 0.15) is 22.9 Å². The van der Waals surface area contributed by atoms with Crippen LogP contribution in [0, 0.1) is 5.92 Å². The number of carbonyl (C=O) groups excluding carboxylic acids is 1. The molecule has 1 fully saturated rings. The van der Waals surface area contributed by atoms with Gasteiger partial charge in [0.05, 0.1) is 13.1 Å². The lowest BCUT2D eigenvalue weighted by atomic mass is 9.83.